The Morgan fingerprint density at radius 2 is 1.82 bits per heavy atom. The van der Waals surface area contributed by atoms with E-state index in [-0.39, 0.29) is 16.9 Å². The normalized spacial score (nSPS) is 17.2. The third kappa shape index (κ3) is 6.49. The molecule has 202 valence electrons. The van der Waals surface area contributed by atoms with Gasteiger partial charge in [0, 0.05) is 24.3 Å². The highest BCUT2D eigenvalue weighted by Gasteiger charge is 2.26. The minimum absolute atomic E-state index is 0.0714. The first-order valence-corrected chi connectivity index (χ1v) is 13.8. The van der Waals surface area contributed by atoms with Crippen molar-refractivity contribution in [2.24, 2.45) is 5.92 Å². The van der Waals surface area contributed by atoms with Crippen LogP contribution in [-0.2, 0) is 16.1 Å². The average Bonchev–Trinajstić information content (AvgIpc) is 3.35. The highest BCUT2D eigenvalue weighted by Crippen LogP contribution is 2.40. The van der Waals surface area contributed by atoms with Crippen molar-refractivity contribution in [2.45, 2.75) is 45.1 Å². The van der Waals surface area contributed by atoms with Gasteiger partial charge in [0.1, 0.15) is 11.5 Å². The maximum atomic E-state index is 13.8. The first-order chi connectivity index (χ1) is 18.9. The molecule has 1 saturated carbocycles. The molecule has 2 aromatic heterocycles. The van der Waals surface area contributed by atoms with Gasteiger partial charge >= 0.3 is 5.97 Å². The number of amides is 1. The Labute approximate surface area is 230 Å². The number of nitrogens with one attached hydrogen (secondary N) is 1. The predicted octanol–water partition coefficient (Wildman–Crippen LogP) is 6.67. The number of halogens is 1. The number of fused-ring (bicyclic) bond motifs is 1. The Kier molecular flexibility index (Phi) is 8.28. The molecule has 0 radical (unpaired) electrons. The number of ether oxygens (including phenoxy) is 2. The van der Waals surface area contributed by atoms with E-state index in [9.17, 15) is 14.0 Å². The number of carbonyl (C=O) groups excluding carboxylic acids is 2. The quantitative estimate of drug-likeness (QED) is 0.248. The summed E-state index contributed by atoms with van der Waals surface area (Å²) >= 11 is 1.57. The Morgan fingerprint density at radius 3 is 2.54 bits per heavy atom. The number of methoxy groups -OCH3 is 1. The number of thiazole rings is 1. The van der Waals surface area contributed by atoms with Crippen molar-refractivity contribution >= 4 is 39.1 Å². The molecule has 0 saturated heterocycles. The molecule has 1 aliphatic carbocycles. The monoisotopic (exact) mass is 547 g/mol. The zero-order chi connectivity index (χ0) is 27.4. The van der Waals surface area contributed by atoms with Gasteiger partial charge in [-0.1, -0.05) is 30.3 Å². The molecule has 1 fully saturated rings. The van der Waals surface area contributed by atoms with Gasteiger partial charge in [0.05, 0.1) is 40.2 Å². The van der Waals surface area contributed by atoms with Crippen LogP contribution in [0.5, 0.6) is 0 Å². The van der Waals surface area contributed by atoms with Crippen molar-refractivity contribution in [1.29, 1.82) is 0 Å². The molecule has 0 unspecified atom stereocenters. The van der Waals surface area contributed by atoms with Crippen LogP contribution in [0.3, 0.4) is 0 Å². The minimum Gasteiger partial charge on any atom is -0.465 e. The van der Waals surface area contributed by atoms with Crippen LogP contribution in [0.4, 0.5) is 10.1 Å². The summed E-state index contributed by atoms with van der Waals surface area (Å²) in [4.78, 5) is 34.3. The van der Waals surface area contributed by atoms with Gasteiger partial charge in [0.15, 0.2) is 0 Å². The lowest BCUT2D eigenvalue weighted by Crippen LogP contribution is -2.17. The summed E-state index contributed by atoms with van der Waals surface area (Å²) in [6.45, 7) is 3.00. The summed E-state index contributed by atoms with van der Waals surface area (Å²) in [5.74, 6) is -0.888. The molecule has 2 heterocycles. The zero-order valence-corrected chi connectivity index (χ0v) is 22.7. The van der Waals surface area contributed by atoms with Gasteiger partial charge in [-0.05, 0) is 62.3 Å². The molecular formula is C30H30FN3O4S. The molecule has 0 aliphatic heterocycles. The highest BCUT2D eigenvalue weighted by molar-refractivity contribution is 7.18. The summed E-state index contributed by atoms with van der Waals surface area (Å²) in [6, 6.07) is 15.9. The SMILES string of the molecule is COC(=O)c1cc2nc(C3CCC(COCc4ccccc4)CC3)sc2cc1NC(=O)c1cc(F)cc(C)n1. The van der Waals surface area contributed by atoms with Crippen LogP contribution in [0.1, 0.15) is 68.7 Å². The van der Waals surface area contributed by atoms with E-state index in [0.29, 0.717) is 29.7 Å². The Bertz CT molecular complexity index is 1460. The lowest BCUT2D eigenvalue weighted by Gasteiger charge is -2.27. The number of aromatic nitrogens is 2. The van der Waals surface area contributed by atoms with Gasteiger partial charge < -0.3 is 14.8 Å². The van der Waals surface area contributed by atoms with E-state index in [1.165, 1.54) is 18.7 Å². The van der Waals surface area contributed by atoms with Gasteiger partial charge in [0.2, 0.25) is 0 Å². The fourth-order valence-corrected chi connectivity index (χ4v) is 6.13. The summed E-state index contributed by atoms with van der Waals surface area (Å²) in [7, 11) is 1.28. The third-order valence-corrected chi connectivity index (χ3v) is 8.19. The smallest absolute Gasteiger partial charge is 0.340 e. The van der Waals surface area contributed by atoms with Crippen molar-refractivity contribution in [3.63, 3.8) is 0 Å². The molecule has 1 N–H and O–H groups in total. The number of pyridine rings is 1. The molecule has 39 heavy (non-hydrogen) atoms. The summed E-state index contributed by atoms with van der Waals surface area (Å²) in [6.07, 6.45) is 4.20. The molecule has 0 atom stereocenters. The number of benzene rings is 2. The Hall–Kier alpha value is -3.69. The van der Waals surface area contributed by atoms with Crippen molar-refractivity contribution in [2.75, 3.05) is 19.0 Å². The van der Waals surface area contributed by atoms with E-state index in [1.807, 2.05) is 18.2 Å². The number of nitrogens with zero attached hydrogens (tertiary/aromatic N) is 2. The number of anilines is 1. The standard InChI is InChI=1S/C30H30FN3O4S/c1-18-12-22(31)13-26(32-18)28(35)33-24-15-27-25(14-23(24)30(36)37-2)34-29(39-27)21-10-8-20(9-11-21)17-38-16-19-6-4-3-5-7-19/h3-7,12-15,20-21H,8-11,16-17H2,1-2H3,(H,33,35). The van der Waals surface area contributed by atoms with E-state index in [0.717, 1.165) is 48.1 Å². The van der Waals surface area contributed by atoms with Crippen molar-refractivity contribution in [3.8, 4) is 0 Å². The van der Waals surface area contributed by atoms with Crippen molar-refractivity contribution in [1.82, 2.24) is 9.97 Å². The number of carbonyl (C=O) groups is 2. The molecule has 1 amide bonds. The summed E-state index contributed by atoms with van der Waals surface area (Å²) in [5.41, 5.74) is 2.64. The predicted molar refractivity (Wildman–Crippen MR) is 149 cm³/mol. The summed E-state index contributed by atoms with van der Waals surface area (Å²) < 4.78 is 25.6. The maximum absolute atomic E-state index is 13.8. The fraction of sp³-hybridized carbons (Fsp3) is 0.333. The van der Waals surface area contributed by atoms with E-state index >= 15 is 0 Å². The van der Waals surface area contributed by atoms with Crippen molar-refractivity contribution < 1.29 is 23.5 Å². The van der Waals surface area contributed by atoms with Gasteiger partial charge in [-0.2, -0.15) is 0 Å². The number of esters is 1. The van der Waals surface area contributed by atoms with Gasteiger partial charge in [0.25, 0.3) is 5.91 Å². The molecule has 1 aliphatic rings. The molecule has 9 heteroatoms. The number of hydrogen-bond acceptors (Lipinski definition) is 7. The number of rotatable bonds is 8. The van der Waals surface area contributed by atoms with Crippen LogP contribution in [0.2, 0.25) is 0 Å². The van der Waals surface area contributed by atoms with Crippen LogP contribution in [0.15, 0.2) is 54.6 Å². The highest BCUT2D eigenvalue weighted by atomic mass is 32.1. The topological polar surface area (TPSA) is 90.4 Å². The van der Waals surface area contributed by atoms with E-state index < -0.39 is 17.7 Å². The van der Waals surface area contributed by atoms with Gasteiger partial charge in [-0.15, -0.1) is 11.3 Å². The van der Waals surface area contributed by atoms with Gasteiger partial charge in [-0.3, -0.25) is 4.79 Å². The maximum Gasteiger partial charge on any atom is 0.340 e. The second kappa shape index (κ2) is 12.0. The Morgan fingerprint density at radius 1 is 1.05 bits per heavy atom. The van der Waals surface area contributed by atoms with Gasteiger partial charge in [-0.25, -0.2) is 19.2 Å². The number of aryl methyl sites for hydroxylation is 1. The first kappa shape index (κ1) is 26.9. The molecule has 0 spiro atoms. The largest absolute Gasteiger partial charge is 0.465 e. The molecular weight excluding hydrogens is 517 g/mol. The lowest BCUT2D eigenvalue weighted by molar-refractivity contribution is 0.0602. The zero-order valence-electron chi connectivity index (χ0n) is 21.9. The van der Waals surface area contributed by atoms with Crippen LogP contribution >= 0.6 is 11.3 Å². The molecule has 4 aromatic rings. The molecule has 0 bridgehead atoms. The van der Waals surface area contributed by atoms with Crippen LogP contribution in [0.25, 0.3) is 10.2 Å². The van der Waals surface area contributed by atoms with E-state index in [4.69, 9.17) is 14.5 Å². The minimum atomic E-state index is -0.611. The molecule has 7 nitrogen and oxygen atoms in total. The fourth-order valence-electron chi connectivity index (χ4n) is 4.97. The third-order valence-electron chi connectivity index (χ3n) is 7.01. The van der Waals surface area contributed by atoms with Crippen LogP contribution in [0, 0.1) is 18.7 Å². The van der Waals surface area contributed by atoms with E-state index in [2.05, 4.69) is 22.4 Å². The second-order valence-electron chi connectivity index (χ2n) is 9.89. The van der Waals surface area contributed by atoms with E-state index in [1.54, 1.807) is 30.4 Å². The van der Waals surface area contributed by atoms with Crippen LogP contribution < -0.4 is 5.32 Å². The second-order valence-corrected chi connectivity index (χ2v) is 11.0. The number of hydrogen-bond donors (Lipinski definition) is 1. The molecule has 2 aromatic carbocycles. The lowest BCUT2D eigenvalue weighted by atomic mass is 9.83. The van der Waals surface area contributed by atoms with Crippen molar-refractivity contribution in [3.05, 3.63) is 87.9 Å². The molecule has 5 rings (SSSR count). The Balaban J connectivity index is 1.28. The average molecular weight is 548 g/mol. The summed E-state index contributed by atoms with van der Waals surface area (Å²) in [5, 5.41) is 3.73. The first-order valence-electron chi connectivity index (χ1n) is 13.0. The van der Waals surface area contributed by atoms with Crippen LogP contribution in [-0.4, -0.2) is 35.6 Å².